The average Bonchev–Trinajstić information content (AvgIpc) is 2.45. The maximum atomic E-state index is 13.6. The molecule has 0 unspecified atom stereocenters. The summed E-state index contributed by atoms with van der Waals surface area (Å²) >= 11 is 0. The molecule has 0 radical (unpaired) electrons. The monoisotopic (exact) mass is 326 g/mol. The number of nitrogens with one attached hydrogen (secondary N) is 2. The van der Waals surface area contributed by atoms with Gasteiger partial charge in [0.15, 0.2) is 0 Å². The van der Waals surface area contributed by atoms with E-state index in [1.807, 2.05) is 13.8 Å². The number of rotatable bonds is 8. The Bertz CT molecular complexity index is 543. The van der Waals surface area contributed by atoms with E-state index in [9.17, 15) is 14.3 Å². The maximum absolute atomic E-state index is 13.6. The van der Waals surface area contributed by atoms with E-state index < -0.39 is 17.2 Å². The first-order valence-electron chi connectivity index (χ1n) is 7.91. The number of carbonyl (C=O) groups is 1. The number of anilines is 1. The molecular weight excluding hydrogens is 299 g/mol. The number of benzene rings is 1. The fraction of sp³-hybridized carbons (Fsp3) is 0.588. The van der Waals surface area contributed by atoms with E-state index in [-0.39, 0.29) is 5.82 Å². The lowest BCUT2D eigenvalue weighted by Gasteiger charge is -2.29. The van der Waals surface area contributed by atoms with Crippen molar-refractivity contribution in [2.75, 3.05) is 11.9 Å². The lowest BCUT2D eigenvalue weighted by Crippen LogP contribution is -2.43. The van der Waals surface area contributed by atoms with Gasteiger partial charge in [-0.1, -0.05) is 19.9 Å². The smallest absolute Gasteiger partial charge is 0.405 e. The molecule has 0 fully saturated rings. The largest absolute Gasteiger partial charge is 0.465 e. The molecule has 1 aromatic rings. The van der Waals surface area contributed by atoms with Crippen LogP contribution in [0.1, 0.15) is 52.5 Å². The minimum Gasteiger partial charge on any atom is -0.465 e. The molecule has 0 saturated carbocycles. The van der Waals surface area contributed by atoms with Crippen molar-refractivity contribution in [3.8, 4) is 0 Å². The van der Waals surface area contributed by atoms with Gasteiger partial charge in [-0.15, -0.1) is 0 Å². The van der Waals surface area contributed by atoms with Gasteiger partial charge in [-0.05, 0) is 45.2 Å². The first-order valence-corrected chi connectivity index (χ1v) is 7.91. The van der Waals surface area contributed by atoms with E-state index in [2.05, 4.69) is 10.6 Å². The summed E-state index contributed by atoms with van der Waals surface area (Å²) in [5.41, 5.74) is -0.404. The molecule has 1 rings (SSSR count). The van der Waals surface area contributed by atoms with Crippen LogP contribution in [0.25, 0.3) is 0 Å². The Labute approximate surface area is 136 Å². The molecule has 0 aliphatic rings. The Morgan fingerprint density at radius 1 is 1.26 bits per heavy atom. The Balaban J connectivity index is 2.88. The van der Waals surface area contributed by atoms with Crippen molar-refractivity contribution in [3.63, 3.8) is 0 Å². The molecule has 1 amide bonds. The van der Waals surface area contributed by atoms with Crippen LogP contribution in [0.5, 0.6) is 0 Å². The SMILES string of the molecule is CCC(O)(CC)c1ccc(F)cc1NCCC(C)(C)NC(=O)O. The van der Waals surface area contributed by atoms with Crippen LogP contribution in [0.3, 0.4) is 0 Å². The van der Waals surface area contributed by atoms with Crippen molar-refractivity contribution in [1.29, 1.82) is 0 Å². The highest BCUT2D eigenvalue weighted by molar-refractivity contribution is 5.65. The maximum Gasteiger partial charge on any atom is 0.405 e. The standard InChI is InChI=1S/C17H27FN2O3/c1-5-17(23,6-2)13-8-7-12(18)11-14(13)19-10-9-16(3,4)20-15(21)22/h7-8,11,19-20,23H,5-6,9-10H2,1-4H3,(H,21,22). The minimum atomic E-state index is -1.08. The van der Waals surface area contributed by atoms with Gasteiger partial charge in [-0.2, -0.15) is 0 Å². The number of aliphatic hydroxyl groups is 1. The summed E-state index contributed by atoms with van der Waals surface area (Å²) < 4.78 is 13.6. The highest BCUT2D eigenvalue weighted by Gasteiger charge is 2.28. The minimum absolute atomic E-state index is 0.381. The van der Waals surface area contributed by atoms with E-state index in [1.165, 1.54) is 12.1 Å². The molecule has 23 heavy (non-hydrogen) atoms. The van der Waals surface area contributed by atoms with Crippen LogP contribution in [0.2, 0.25) is 0 Å². The van der Waals surface area contributed by atoms with Gasteiger partial charge in [0, 0.05) is 23.3 Å². The predicted octanol–water partition coefficient (Wildman–Crippen LogP) is 3.68. The summed E-state index contributed by atoms with van der Waals surface area (Å²) in [6.45, 7) is 7.79. The summed E-state index contributed by atoms with van der Waals surface area (Å²) in [6.07, 6.45) is 0.491. The molecule has 6 heteroatoms. The van der Waals surface area contributed by atoms with Crippen molar-refractivity contribution < 1.29 is 19.4 Å². The third-order valence-corrected chi connectivity index (χ3v) is 4.16. The van der Waals surface area contributed by atoms with Gasteiger partial charge in [0.1, 0.15) is 5.82 Å². The molecule has 0 bridgehead atoms. The summed E-state index contributed by atoms with van der Waals surface area (Å²) in [5.74, 6) is -0.381. The predicted molar refractivity (Wildman–Crippen MR) is 89.2 cm³/mol. The van der Waals surface area contributed by atoms with Crippen molar-refractivity contribution in [2.24, 2.45) is 0 Å². The molecule has 5 nitrogen and oxygen atoms in total. The Morgan fingerprint density at radius 2 is 1.87 bits per heavy atom. The van der Waals surface area contributed by atoms with E-state index in [1.54, 1.807) is 19.9 Å². The molecule has 0 aromatic heterocycles. The Morgan fingerprint density at radius 3 is 2.39 bits per heavy atom. The molecule has 0 aliphatic carbocycles. The number of hydrogen-bond donors (Lipinski definition) is 4. The van der Waals surface area contributed by atoms with Crippen molar-refractivity contribution in [1.82, 2.24) is 5.32 Å². The zero-order chi connectivity index (χ0) is 17.7. The lowest BCUT2D eigenvalue weighted by atomic mass is 9.87. The van der Waals surface area contributed by atoms with Gasteiger partial charge in [-0.3, -0.25) is 0 Å². The Hall–Kier alpha value is -1.82. The van der Waals surface area contributed by atoms with Crippen molar-refractivity contribution in [2.45, 2.75) is 58.1 Å². The summed E-state index contributed by atoms with van der Waals surface area (Å²) in [5, 5.41) is 25.1. The molecule has 1 aromatic carbocycles. The summed E-state index contributed by atoms with van der Waals surface area (Å²) in [4.78, 5) is 10.7. The first-order chi connectivity index (χ1) is 10.6. The van der Waals surface area contributed by atoms with Gasteiger partial charge in [-0.25, -0.2) is 9.18 Å². The summed E-state index contributed by atoms with van der Waals surface area (Å²) in [7, 11) is 0. The van der Waals surface area contributed by atoms with Gasteiger partial charge >= 0.3 is 6.09 Å². The number of halogens is 1. The molecule has 4 N–H and O–H groups in total. The van der Waals surface area contributed by atoms with Crippen LogP contribution in [0.4, 0.5) is 14.9 Å². The highest BCUT2D eigenvalue weighted by Crippen LogP contribution is 2.34. The van der Waals surface area contributed by atoms with Crippen LogP contribution in [0, 0.1) is 5.82 Å². The van der Waals surface area contributed by atoms with Crippen LogP contribution < -0.4 is 10.6 Å². The molecule has 0 saturated heterocycles. The quantitative estimate of drug-likeness (QED) is 0.587. The fourth-order valence-corrected chi connectivity index (χ4v) is 2.56. The van der Waals surface area contributed by atoms with Crippen LogP contribution in [0.15, 0.2) is 18.2 Å². The van der Waals surface area contributed by atoms with Gasteiger partial charge in [0.2, 0.25) is 0 Å². The third kappa shape index (κ3) is 5.39. The van der Waals surface area contributed by atoms with Crippen LogP contribution in [-0.2, 0) is 5.60 Å². The van der Waals surface area contributed by atoms with Gasteiger partial charge < -0.3 is 20.8 Å². The van der Waals surface area contributed by atoms with Crippen molar-refractivity contribution in [3.05, 3.63) is 29.6 Å². The summed E-state index contributed by atoms with van der Waals surface area (Å²) in [6, 6.07) is 4.31. The number of hydrogen-bond acceptors (Lipinski definition) is 3. The second-order valence-electron chi connectivity index (χ2n) is 6.42. The first kappa shape index (κ1) is 19.2. The molecular formula is C17H27FN2O3. The topological polar surface area (TPSA) is 81.6 Å². The molecule has 0 spiro atoms. The van der Waals surface area contributed by atoms with Crippen LogP contribution in [-0.4, -0.2) is 28.4 Å². The van der Waals surface area contributed by atoms with Crippen molar-refractivity contribution >= 4 is 11.8 Å². The normalized spacial score (nSPS) is 12.1. The van der Waals surface area contributed by atoms with E-state index in [4.69, 9.17) is 5.11 Å². The molecule has 0 aliphatic heterocycles. The van der Waals surface area contributed by atoms with Gasteiger partial charge in [0.25, 0.3) is 0 Å². The highest BCUT2D eigenvalue weighted by atomic mass is 19.1. The van der Waals surface area contributed by atoms with E-state index >= 15 is 0 Å². The molecule has 0 atom stereocenters. The number of carboxylic acid groups (broad SMARTS) is 1. The molecule has 130 valence electrons. The second-order valence-corrected chi connectivity index (χ2v) is 6.42. The zero-order valence-electron chi connectivity index (χ0n) is 14.2. The van der Waals surface area contributed by atoms with Gasteiger partial charge in [0.05, 0.1) is 5.60 Å². The molecule has 0 heterocycles. The average molecular weight is 326 g/mol. The van der Waals surface area contributed by atoms with Crippen LogP contribution >= 0.6 is 0 Å². The lowest BCUT2D eigenvalue weighted by molar-refractivity contribution is 0.0290. The third-order valence-electron chi connectivity index (χ3n) is 4.16. The number of amides is 1. The Kier molecular flexibility index (Phi) is 6.38. The second kappa shape index (κ2) is 7.64. The van der Waals surface area contributed by atoms with E-state index in [0.717, 1.165) is 0 Å². The van der Waals surface area contributed by atoms with E-state index in [0.29, 0.717) is 37.1 Å². The zero-order valence-corrected chi connectivity index (χ0v) is 14.2. The fourth-order valence-electron chi connectivity index (χ4n) is 2.56.